The molecule has 24 heavy (non-hydrogen) atoms. The molecular weight excluding hydrogens is 300 g/mol. The van der Waals surface area contributed by atoms with E-state index in [0.717, 1.165) is 36.9 Å². The van der Waals surface area contributed by atoms with Crippen LogP contribution in [-0.4, -0.2) is 50.2 Å². The number of likely N-dealkylation sites (N-methyl/N-ethyl adjacent to an activating group) is 1. The minimum Gasteiger partial charge on any atom is -0.494 e. The predicted molar refractivity (Wildman–Crippen MR) is 103 cm³/mol. The summed E-state index contributed by atoms with van der Waals surface area (Å²) in [7, 11) is 1.80. The SMILES string of the molecule is CCOc1cc(C)ccc1CNC(=NC)NCCN(CC)C(C)C. The second-order valence-corrected chi connectivity index (χ2v) is 6.12. The van der Waals surface area contributed by atoms with Crippen molar-refractivity contribution in [1.29, 1.82) is 0 Å². The first kappa shape index (κ1) is 20.3. The van der Waals surface area contributed by atoms with Gasteiger partial charge in [0, 0.05) is 38.3 Å². The van der Waals surface area contributed by atoms with E-state index in [4.69, 9.17) is 4.74 Å². The first-order chi connectivity index (χ1) is 11.5. The average molecular weight is 335 g/mol. The third kappa shape index (κ3) is 6.79. The van der Waals surface area contributed by atoms with Gasteiger partial charge < -0.3 is 15.4 Å². The van der Waals surface area contributed by atoms with Crippen molar-refractivity contribution in [3.05, 3.63) is 29.3 Å². The molecule has 0 saturated carbocycles. The second-order valence-electron chi connectivity index (χ2n) is 6.12. The highest BCUT2D eigenvalue weighted by molar-refractivity contribution is 5.79. The Bertz CT molecular complexity index is 514. The lowest BCUT2D eigenvalue weighted by molar-refractivity contribution is 0.237. The molecule has 0 atom stereocenters. The molecule has 0 amide bonds. The van der Waals surface area contributed by atoms with Crippen LogP contribution in [0.4, 0.5) is 0 Å². The maximum Gasteiger partial charge on any atom is 0.191 e. The Morgan fingerprint density at radius 3 is 2.58 bits per heavy atom. The van der Waals surface area contributed by atoms with Gasteiger partial charge in [-0.3, -0.25) is 9.89 Å². The molecule has 1 rings (SSSR count). The van der Waals surface area contributed by atoms with Crippen molar-refractivity contribution in [1.82, 2.24) is 15.5 Å². The van der Waals surface area contributed by atoms with E-state index in [2.05, 4.69) is 66.4 Å². The summed E-state index contributed by atoms with van der Waals surface area (Å²) in [5.74, 6) is 1.76. The number of rotatable bonds is 9. The molecule has 0 bridgehead atoms. The second kappa shape index (κ2) is 10.9. The van der Waals surface area contributed by atoms with Gasteiger partial charge in [-0.25, -0.2) is 0 Å². The summed E-state index contributed by atoms with van der Waals surface area (Å²) in [4.78, 5) is 6.72. The van der Waals surface area contributed by atoms with Crippen molar-refractivity contribution in [3.8, 4) is 5.75 Å². The van der Waals surface area contributed by atoms with E-state index in [0.29, 0.717) is 19.2 Å². The number of aryl methyl sites for hydroxylation is 1. The first-order valence-electron chi connectivity index (χ1n) is 8.92. The van der Waals surface area contributed by atoms with Crippen LogP contribution in [0, 0.1) is 6.92 Å². The largest absolute Gasteiger partial charge is 0.494 e. The maximum atomic E-state index is 5.73. The Hall–Kier alpha value is -1.75. The number of nitrogens with one attached hydrogen (secondary N) is 2. The van der Waals surface area contributed by atoms with Gasteiger partial charge in [0.2, 0.25) is 0 Å². The topological polar surface area (TPSA) is 48.9 Å². The van der Waals surface area contributed by atoms with Gasteiger partial charge in [-0.15, -0.1) is 0 Å². The molecule has 0 aliphatic heterocycles. The third-order valence-corrected chi connectivity index (χ3v) is 4.02. The molecular formula is C19H34N4O. The van der Waals surface area contributed by atoms with E-state index >= 15 is 0 Å². The molecule has 5 heteroatoms. The molecule has 1 aromatic rings. The van der Waals surface area contributed by atoms with Crippen LogP contribution in [0.2, 0.25) is 0 Å². The van der Waals surface area contributed by atoms with E-state index in [-0.39, 0.29) is 0 Å². The van der Waals surface area contributed by atoms with Crippen LogP contribution in [0.5, 0.6) is 5.75 Å². The molecule has 1 aromatic carbocycles. The van der Waals surface area contributed by atoms with Crippen LogP contribution in [0.1, 0.15) is 38.8 Å². The van der Waals surface area contributed by atoms with Gasteiger partial charge in [0.1, 0.15) is 5.75 Å². The standard InChI is InChI=1S/C19H34N4O/c1-7-23(15(3)4)12-11-21-19(20-6)22-14-17-10-9-16(5)13-18(17)24-8-2/h9-10,13,15H,7-8,11-12,14H2,1-6H3,(H2,20,21,22). The molecule has 0 saturated heterocycles. The molecule has 0 aromatic heterocycles. The lowest BCUT2D eigenvalue weighted by Gasteiger charge is -2.25. The average Bonchev–Trinajstić information content (AvgIpc) is 2.55. The summed E-state index contributed by atoms with van der Waals surface area (Å²) >= 11 is 0. The zero-order valence-electron chi connectivity index (χ0n) is 16.1. The number of nitrogens with zero attached hydrogens (tertiary/aromatic N) is 2. The van der Waals surface area contributed by atoms with E-state index < -0.39 is 0 Å². The molecule has 0 radical (unpaired) electrons. The lowest BCUT2D eigenvalue weighted by atomic mass is 10.1. The molecule has 0 aliphatic carbocycles. The molecule has 0 heterocycles. The van der Waals surface area contributed by atoms with E-state index in [1.165, 1.54) is 5.56 Å². The van der Waals surface area contributed by atoms with Gasteiger partial charge >= 0.3 is 0 Å². The van der Waals surface area contributed by atoms with Crippen molar-refractivity contribution in [2.45, 2.75) is 47.2 Å². The summed E-state index contributed by atoms with van der Waals surface area (Å²) in [6, 6.07) is 6.86. The Morgan fingerprint density at radius 2 is 2.00 bits per heavy atom. The third-order valence-electron chi connectivity index (χ3n) is 4.02. The Balaban J connectivity index is 2.52. The minimum atomic E-state index is 0.563. The van der Waals surface area contributed by atoms with Gasteiger partial charge in [0.05, 0.1) is 6.61 Å². The molecule has 0 unspecified atom stereocenters. The van der Waals surface area contributed by atoms with Crippen LogP contribution in [0.25, 0.3) is 0 Å². The van der Waals surface area contributed by atoms with Gasteiger partial charge in [-0.2, -0.15) is 0 Å². The molecule has 5 nitrogen and oxygen atoms in total. The highest BCUT2D eigenvalue weighted by Crippen LogP contribution is 2.20. The van der Waals surface area contributed by atoms with Crippen LogP contribution in [0.15, 0.2) is 23.2 Å². The zero-order valence-corrected chi connectivity index (χ0v) is 16.1. The summed E-state index contributed by atoms with van der Waals surface area (Å²) < 4.78 is 5.73. The normalized spacial score (nSPS) is 11.9. The summed E-state index contributed by atoms with van der Waals surface area (Å²) in [6.45, 7) is 15.0. The maximum absolute atomic E-state index is 5.73. The van der Waals surface area contributed by atoms with Crippen LogP contribution in [-0.2, 0) is 6.54 Å². The van der Waals surface area contributed by atoms with Crippen molar-refractivity contribution >= 4 is 5.96 Å². The van der Waals surface area contributed by atoms with Crippen molar-refractivity contribution < 1.29 is 4.74 Å². The fourth-order valence-corrected chi connectivity index (χ4v) is 2.60. The quantitative estimate of drug-likeness (QED) is 0.538. The Morgan fingerprint density at radius 1 is 1.25 bits per heavy atom. The highest BCUT2D eigenvalue weighted by atomic mass is 16.5. The number of hydrogen-bond donors (Lipinski definition) is 2. The monoisotopic (exact) mass is 334 g/mol. The van der Waals surface area contributed by atoms with Crippen LogP contribution in [0.3, 0.4) is 0 Å². The van der Waals surface area contributed by atoms with Crippen LogP contribution < -0.4 is 15.4 Å². The minimum absolute atomic E-state index is 0.563. The molecule has 0 fully saturated rings. The van der Waals surface area contributed by atoms with Gasteiger partial charge in [-0.05, 0) is 45.9 Å². The first-order valence-corrected chi connectivity index (χ1v) is 8.92. The van der Waals surface area contributed by atoms with Crippen molar-refractivity contribution in [3.63, 3.8) is 0 Å². The van der Waals surface area contributed by atoms with E-state index in [1.807, 2.05) is 6.92 Å². The summed E-state index contributed by atoms with van der Waals surface area (Å²) in [6.07, 6.45) is 0. The van der Waals surface area contributed by atoms with Gasteiger partial charge in [-0.1, -0.05) is 19.1 Å². The molecule has 2 N–H and O–H groups in total. The number of guanidine groups is 1. The Kier molecular flexibility index (Phi) is 9.23. The lowest BCUT2D eigenvalue weighted by Crippen LogP contribution is -2.42. The smallest absolute Gasteiger partial charge is 0.191 e. The van der Waals surface area contributed by atoms with Crippen molar-refractivity contribution in [2.24, 2.45) is 4.99 Å². The Labute approximate surface area is 147 Å². The predicted octanol–water partition coefficient (Wildman–Crippen LogP) is 2.79. The fraction of sp³-hybridized carbons (Fsp3) is 0.632. The summed E-state index contributed by atoms with van der Waals surface area (Å²) in [5, 5.41) is 6.74. The molecule has 136 valence electrons. The van der Waals surface area contributed by atoms with E-state index in [9.17, 15) is 0 Å². The summed E-state index contributed by atoms with van der Waals surface area (Å²) in [5.41, 5.74) is 2.35. The molecule has 0 aliphatic rings. The number of aliphatic imine (C=N–C) groups is 1. The number of ether oxygens (including phenoxy) is 1. The van der Waals surface area contributed by atoms with E-state index in [1.54, 1.807) is 7.05 Å². The fourth-order valence-electron chi connectivity index (χ4n) is 2.60. The number of benzene rings is 1. The highest BCUT2D eigenvalue weighted by Gasteiger charge is 2.08. The number of hydrogen-bond acceptors (Lipinski definition) is 3. The van der Waals surface area contributed by atoms with Crippen molar-refractivity contribution in [2.75, 3.05) is 33.3 Å². The van der Waals surface area contributed by atoms with Crippen LogP contribution >= 0.6 is 0 Å². The van der Waals surface area contributed by atoms with Gasteiger partial charge in [0.25, 0.3) is 0 Å². The molecule has 0 spiro atoms. The van der Waals surface area contributed by atoms with Gasteiger partial charge in [0.15, 0.2) is 5.96 Å². The zero-order chi connectivity index (χ0) is 17.9.